The zero-order valence-corrected chi connectivity index (χ0v) is 14.4. The van der Waals surface area contributed by atoms with Crippen molar-refractivity contribution in [3.05, 3.63) is 87.1 Å². The molecule has 1 atom stereocenters. The molecule has 1 heterocycles. The topological polar surface area (TPSA) is 76.0 Å². The number of fused-ring (bicyclic) bond motifs is 1. The van der Waals surface area contributed by atoms with Gasteiger partial charge in [-0.1, -0.05) is 42.5 Å². The molecule has 1 aliphatic carbocycles. The van der Waals surface area contributed by atoms with Crippen LogP contribution in [0.1, 0.15) is 35.6 Å². The third-order valence-electron chi connectivity index (χ3n) is 5.02. The number of benzene rings is 2. The number of H-pyrrole nitrogens is 1. The molecule has 4 rings (SSSR count). The fourth-order valence-corrected chi connectivity index (χ4v) is 3.94. The molecule has 2 aromatic carbocycles. The number of carbonyl (C=O) groups is 1. The highest BCUT2D eigenvalue weighted by molar-refractivity contribution is 6.02. The van der Waals surface area contributed by atoms with E-state index < -0.39 is 0 Å². The standard InChI is InChI=1S/C21H18N2O3/c1-13-19(21-16(22-13)10-6-11-17(21)23(25)26)20(14-7-3-2-4-8-14)15-9-5-12-18(15)24/h2-4,6-11,20,22H,5,12H2,1H3. The summed E-state index contributed by atoms with van der Waals surface area (Å²) in [5.41, 5.74) is 4.16. The first-order chi connectivity index (χ1) is 12.6. The summed E-state index contributed by atoms with van der Waals surface area (Å²) in [6, 6.07) is 14.8. The minimum absolute atomic E-state index is 0.0637. The van der Waals surface area contributed by atoms with E-state index in [9.17, 15) is 14.9 Å². The van der Waals surface area contributed by atoms with Crippen LogP contribution in [0.3, 0.4) is 0 Å². The molecule has 1 unspecified atom stereocenters. The molecule has 3 aromatic rings. The molecular formula is C21H18N2O3. The molecule has 0 saturated carbocycles. The predicted molar refractivity (Wildman–Crippen MR) is 100 cm³/mol. The molecule has 1 aromatic heterocycles. The molecule has 0 fully saturated rings. The van der Waals surface area contributed by atoms with Gasteiger partial charge in [-0.3, -0.25) is 14.9 Å². The van der Waals surface area contributed by atoms with E-state index in [-0.39, 0.29) is 22.3 Å². The molecule has 0 saturated heterocycles. The highest BCUT2D eigenvalue weighted by Crippen LogP contribution is 2.43. The van der Waals surface area contributed by atoms with Crippen molar-refractivity contribution in [1.29, 1.82) is 0 Å². The number of Topliss-reactive ketones (excluding diaryl/α,β-unsaturated/α-hetero) is 1. The second-order valence-electron chi connectivity index (χ2n) is 6.59. The Labute approximate surface area is 150 Å². The Morgan fingerprint density at radius 1 is 1.12 bits per heavy atom. The molecule has 1 aliphatic rings. The van der Waals surface area contributed by atoms with Gasteiger partial charge in [-0.25, -0.2) is 0 Å². The zero-order valence-electron chi connectivity index (χ0n) is 14.4. The van der Waals surface area contributed by atoms with Gasteiger partial charge in [-0.15, -0.1) is 0 Å². The lowest BCUT2D eigenvalue weighted by Gasteiger charge is -2.19. The van der Waals surface area contributed by atoms with E-state index >= 15 is 0 Å². The second kappa shape index (κ2) is 6.26. The van der Waals surface area contributed by atoms with Gasteiger partial charge in [-0.05, 0) is 30.5 Å². The molecule has 5 nitrogen and oxygen atoms in total. The molecule has 5 heteroatoms. The summed E-state index contributed by atoms with van der Waals surface area (Å²) in [4.78, 5) is 27.1. The number of carbonyl (C=O) groups excluding carboxylic acids is 1. The highest BCUT2D eigenvalue weighted by Gasteiger charge is 2.32. The fourth-order valence-electron chi connectivity index (χ4n) is 3.94. The van der Waals surface area contributed by atoms with Crippen molar-refractivity contribution in [3.8, 4) is 0 Å². The number of rotatable bonds is 4. The number of ketones is 1. The number of nitrogens with one attached hydrogen (secondary N) is 1. The molecule has 0 radical (unpaired) electrons. The van der Waals surface area contributed by atoms with Crippen molar-refractivity contribution in [2.24, 2.45) is 0 Å². The number of nitro benzene ring substituents is 1. The van der Waals surface area contributed by atoms with Gasteiger partial charge in [-0.2, -0.15) is 0 Å². The molecule has 130 valence electrons. The summed E-state index contributed by atoms with van der Waals surface area (Å²) in [6.45, 7) is 1.91. The fraction of sp³-hybridized carbons (Fsp3) is 0.190. The van der Waals surface area contributed by atoms with Gasteiger partial charge in [0, 0.05) is 29.7 Å². The van der Waals surface area contributed by atoms with E-state index in [2.05, 4.69) is 4.98 Å². The van der Waals surface area contributed by atoms with Crippen LogP contribution < -0.4 is 0 Å². The Morgan fingerprint density at radius 3 is 2.54 bits per heavy atom. The monoisotopic (exact) mass is 346 g/mol. The molecule has 26 heavy (non-hydrogen) atoms. The number of allylic oxidation sites excluding steroid dienone is 2. The van der Waals surface area contributed by atoms with Crippen LogP contribution >= 0.6 is 0 Å². The van der Waals surface area contributed by atoms with Crippen LogP contribution in [0, 0.1) is 17.0 Å². The van der Waals surface area contributed by atoms with Gasteiger partial charge in [0.25, 0.3) is 5.69 Å². The summed E-state index contributed by atoms with van der Waals surface area (Å²) in [5, 5.41) is 12.2. The Morgan fingerprint density at radius 2 is 1.88 bits per heavy atom. The van der Waals surface area contributed by atoms with Crippen LogP contribution in [-0.4, -0.2) is 15.7 Å². The molecule has 0 amide bonds. The smallest absolute Gasteiger partial charge is 0.279 e. The summed E-state index contributed by atoms with van der Waals surface area (Å²) in [6.07, 6.45) is 3.20. The van der Waals surface area contributed by atoms with Gasteiger partial charge in [0.2, 0.25) is 0 Å². The lowest BCUT2D eigenvalue weighted by Crippen LogP contribution is -2.11. The number of nitro groups is 1. The average molecular weight is 346 g/mol. The quantitative estimate of drug-likeness (QED) is 0.544. The Hall–Kier alpha value is -3.21. The van der Waals surface area contributed by atoms with Gasteiger partial charge < -0.3 is 4.98 Å². The lowest BCUT2D eigenvalue weighted by molar-refractivity contribution is -0.383. The molecule has 0 aliphatic heterocycles. The normalized spacial score (nSPS) is 15.3. The number of hydrogen-bond acceptors (Lipinski definition) is 3. The van der Waals surface area contributed by atoms with E-state index in [0.29, 0.717) is 11.8 Å². The first kappa shape index (κ1) is 16.3. The van der Waals surface area contributed by atoms with Crippen molar-refractivity contribution in [1.82, 2.24) is 4.98 Å². The van der Waals surface area contributed by atoms with Crippen LogP contribution in [0.25, 0.3) is 10.9 Å². The van der Waals surface area contributed by atoms with Crippen molar-refractivity contribution >= 4 is 22.4 Å². The lowest BCUT2D eigenvalue weighted by atomic mass is 9.82. The van der Waals surface area contributed by atoms with Crippen molar-refractivity contribution in [2.75, 3.05) is 0 Å². The van der Waals surface area contributed by atoms with Crippen LogP contribution in [0.2, 0.25) is 0 Å². The van der Waals surface area contributed by atoms with Gasteiger partial charge >= 0.3 is 0 Å². The molecule has 0 spiro atoms. The maximum Gasteiger partial charge on any atom is 0.279 e. The highest BCUT2D eigenvalue weighted by atomic mass is 16.6. The third kappa shape index (κ3) is 2.52. The second-order valence-corrected chi connectivity index (χ2v) is 6.59. The molecule has 0 bridgehead atoms. The van der Waals surface area contributed by atoms with Crippen molar-refractivity contribution in [3.63, 3.8) is 0 Å². The van der Waals surface area contributed by atoms with Gasteiger partial charge in [0.1, 0.15) is 0 Å². The van der Waals surface area contributed by atoms with Gasteiger partial charge in [0.05, 0.1) is 15.8 Å². The number of non-ortho nitro benzene ring substituents is 1. The number of aromatic nitrogens is 1. The van der Waals surface area contributed by atoms with E-state index in [4.69, 9.17) is 0 Å². The van der Waals surface area contributed by atoms with E-state index in [1.807, 2.05) is 49.4 Å². The molecule has 1 N–H and O–H groups in total. The SMILES string of the molecule is Cc1[nH]c2cccc([N+](=O)[O-])c2c1C(C1=CCCC1=O)c1ccccc1. The van der Waals surface area contributed by atoms with Crippen molar-refractivity contribution < 1.29 is 9.72 Å². The van der Waals surface area contributed by atoms with Crippen LogP contribution in [0.4, 0.5) is 5.69 Å². The van der Waals surface area contributed by atoms with E-state index in [1.54, 1.807) is 6.07 Å². The minimum Gasteiger partial charge on any atom is -0.358 e. The maximum absolute atomic E-state index is 12.5. The van der Waals surface area contributed by atoms with Crippen molar-refractivity contribution in [2.45, 2.75) is 25.7 Å². The Kier molecular flexibility index (Phi) is 3.92. The first-order valence-electron chi connectivity index (χ1n) is 8.61. The third-order valence-corrected chi connectivity index (χ3v) is 5.02. The van der Waals surface area contributed by atoms with E-state index in [1.165, 1.54) is 6.07 Å². The minimum atomic E-state index is -0.355. The summed E-state index contributed by atoms with van der Waals surface area (Å²) in [7, 11) is 0. The molecular weight excluding hydrogens is 328 g/mol. The number of aromatic amines is 1. The Bertz CT molecular complexity index is 1050. The maximum atomic E-state index is 12.5. The van der Waals surface area contributed by atoms with Gasteiger partial charge in [0.15, 0.2) is 5.78 Å². The summed E-state index contributed by atoms with van der Waals surface area (Å²) in [5.74, 6) is -0.188. The Balaban J connectivity index is 2.05. The number of aryl methyl sites for hydroxylation is 1. The summed E-state index contributed by atoms with van der Waals surface area (Å²) >= 11 is 0. The average Bonchev–Trinajstić information content (AvgIpc) is 3.20. The number of hydrogen-bond donors (Lipinski definition) is 1. The largest absolute Gasteiger partial charge is 0.358 e. The zero-order chi connectivity index (χ0) is 18.3. The van der Waals surface area contributed by atoms with Crippen LogP contribution in [-0.2, 0) is 4.79 Å². The van der Waals surface area contributed by atoms with Crippen LogP contribution in [0.15, 0.2) is 60.2 Å². The summed E-state index contributed by atoms with van der Waals surface area (Å²) < 4.78 is 0. The predicted octanol–water partition coefficient (Wildman–Crippen LogP) is 4.81. The van der Waals surface area contributed by atoms with Crippen LogP contribution in [0.5, 0.6) is 0 Å². The van der Waals surface area contributed by atoms with E-state index in [0.717, 1.165) is 34.3 Å². The first-order valence-corrected chi connectivity index (χ1v) is 8.61. The number of nitrogens with zero attached hydrogens (tertiary/aromatic N) is 1.